The third-order valence-electron chi connectivity index (χ3n) is 2.31. The SMILES string of the molecule is CCNCc1ccc(OCOCC)c(OC)c1. The van der Waals surface area contributed by atoms with Gasteiger partial charge in [-0.15, -0.1) is 0 Å². The molecule has 0 fully saturated rings. The molecule has 0 aliphatic heterocycles. The van der Waals surface area contributed by atoms with Crippen LogP contribution in [0.1, 0.15) is 19.4 Å². The highest BCUT2D eigenvalue weighted by molar-refractivity contribution is 5.42. The maximum atomic E-state index is 5.46. The summed E-state index contributed by atoms with van der Waals surface area (Å²) in [6, 6.07) is 5.90. The van der Waals surface area contributed by atoms with Gasteiger partial charge >= 0.3 is 0 Å². The minimum absolute atomic E-state index is 0.249. The summed E-state index contributed by atoms with van der Waals surface area (Å²) in [6.07, 6.45) is 0. The van der Waals surface area contributed by atoms with Crippen molar-refractivity contribution < 1.29 is 14.2 Å². The first-order valence-electron chi connectivity index (χ1n) is 5.90. The van der Waals surface area contributed by atoms with Crippen molar-refractivity contribution >= 4 is 0 Å². The standard InChI is InChI=1S/C13H21NO3/c1-4-14-9-11-6-7-12(13(8-11)15-3)17-10-16-5-2/h6-8,14H,4-5,9-10H2,1-3H3. The minimum Gasteiger partial charge on any atom is -0.493 e. The van der Waals surface area contributed by atoms with Gasteiger partial charge in [0.25, 0.3) is 0 Å². The predicted molar refractivity (Wildman–Crippen MR) is 67.5 cm³/mol. The largest absolute Gasteiger partial charge is 0.493 e. The zero-order valence-corrected chi connectivity index (χ0v) is 10.8. The molecule has 0 unspecified atom stereocenters. The molecule has 4 heteroatoms. The van der Waals surface area contributed by atoms with Crippen LogP contribution in [0.25, 0.3) is 0 Å². The average Bonchev–Trinajstić information content (AvgIpc) is 2.37. The fraction of sp³-hybridized carbons (Fsp3) is 0.538. The molecule has 0 atom stereocenters. The van der Waals surface area contributed by atoms with Crippen molar-refractivity contribution in [1.29, 1.82) is 0 Å². The van der Waals surface area contributed by atoms with Crippen LogP contribution < -0.4 is 14.8 Å². The van der Waals surface area contributed by atoms with Gasteiger partial charge in [0.15, 0.2) is 18.3 Å². The van der Waals surface area contributed by atoms with Crippen LogP contribution in [0.5, 0.6) is 11.5 Å². The van der Waals surface area contributed by atoms with E-state index >= 15 is 0 Å². The Morgan fingerprint density at radius 2 is 2.00 bits per heavy atom. The van der Waals surface area contributed by atoms with Crippen molar-refractivity contribution in [3.63, 3.8) is 0 Å². The lowest BCUT2D eigenvalue weighted by atomic mass is 10.2. The van der Waals surface area contributed by atoms with Crippen LogP contribution >= 0.6 is 0 Å². The molecule has 0 aliphatic carbocycles. The number of ether oxygens (including phenoxy) is 3. The Hall–Kier alpha value is -1.26. The molecule has 0 aliphatic rings. The Morgan fingerprint density at radius 3 is 2.65 bits per heavy atom. The Balaban J connectivity index is 2.64. The second kappa shape index (κ2) is 7.92. The maximum absolute atomic E-state index is 5.46. The van der Waals surface area contributed by atoms with E-state index in [1.807, 2.05) is 25.1 Å². The Kier molecular flexibility index (Phi) is 6.43. The third-order valence-corrected chi connectivity index (χ3v) is 2.31. The topological polar surface area (TPSA) is 39.7 Å². The van der Waals surface area contributed by atoms with E-state index in [2.05, 4.69) is 12.2 Å². The van der Waals surface area contributed by atoms with Gasteiger partial charge in [-0.2, -0.15) is 0 Å². The summed E-state index contributed by atoms with van der Waals surface area (Å²) < 4.78 is 15.9. The maximum Gasteiger partial charge on any atom is 0.189 e. The molecule has 0 radical (unpaired) electrons. The van der Waals surface area contributed by atoms with Gasteiger partial charge in [-0.05, 0) is 31.2 Å². The van der Waals surface area contributed by atoms with E-state index in [1.54, 1.807) is 7.11 Å². The Morgan fingerprint density at radius 1 is 1.18 bits per heavy atom. The fourth-order valence-electron chi connectivity index (χ4n) is 1.40. The van der Waals surface area contributed by atoms with Gasteiger partial charge in [0, 0.05) is 13.2 Å². The predicted octanol–water partition coefficient (Wildman–Crippen LogP) is 2.18. The van der Waals surface area contributed by atoms with Crippen LogP contribution in [0.15, 0.2) is 18.2 Å². The number of hydrogen-bond acceptors (Lipinski definition) is 4. The lowest BCUT2D eigenvalue weighted by molar-refractivity contribution is 0.0209. The van der Waals surface area contributed by atoms with Gasteiger partial charge in [-0.3, -0.25) is 0 Å². The first-order valence-corrected chi connectivity index (χ1v) is 5.90. The van der Waals surface area contributed by atoms with Crippen molar-refractivity contribution in [2.75, 3.05) is 27.1 Å². The van der Waals surface area contributed by atoms with Crippen LogP contribution in [0.4, 0.5) is 0 Å². The molecule has 0 bridgehead atoms. The number of hydrogen-bond donors (Lipinski definition) is 1. The van der Waals surface area contributed by atoms with Crippen LogP contribution in [-0.2, 0) is 11.3 Å². The second-order valence-electron chi connectivity index (χ2n) is 3.52. The number of methoxy groups -OCH3 is 1. The van der Waals surface area contributed by atoms with E-state index in [9.17, 15) is 0 Å². The highest BCUT2D eigenvalue weighted by Crippen LogP contribution is 2.27. The molecule has 4 nitrogen and oxygen atoms in total. The summed E-state index contributed by atoms with van der Waals surface area (Å²) in [5.41, 5.74) is 1.17. The quantitative estimate of drug-likeness (QED) is 0.557. The van der Waals surface area contributed by atoms with Gasteiger partial charge in [-0.25, -0.2) is 0 Å². The minimum atomic E-state index is 0.249. The van der Waals surface area contributed by atoms with E-state index < -0.39 is 0 Å². The summed E-state index contributed by atoms with van der Waals surface area (Å²) in [5.74, 6) is 1.45. The van der Waals surface area contributed by atoms with Crippen LogP contribution in [-0.4, -0.2) is 27.1 Å². The lowest BCUT2D eigenvalue weighted by Crippen LogP contribution is -2.12. The molecule has 1 aromatic rings. The van der Waals surface area contributed by atoms with Crippen molar-refractivity contribution in [3.05, 3.63) is 23.8 Å². The summed E-state index contributed by atoms with van der Waals surface area (Å²) >= 11 is 0. The summed E-state index contributed by atoms with van der Waals surface area (Å²) in [4.78, 5) is 0. The molecule has 1 aromatic carbocycles. The molecule has 0 spiro atoms. The molecule has 1 rings (SSSR count). The number of benzene rings is 1. The highest BCUT2D eigenvalue weighted by Gasteiger charge is 2.05. The highest BCUT2D eigenvalue weighted by atomic mass is 16.7. The van der Waals surface area contributed by atoms with Crippen molar-refractivity contribution in [1.82, 2.24) is 5.32 Å². The van der Waals surface area contributed by atoms with Crippen molar-refractivity contribution in [3.8, 4) is 11.5 Å². The first kappa shape index (κ1) is 13.8. The molecular formula is C13H21NO3. The van der Waals surface area contributed by atoms with Crippen molar-refractivity contribution in [2.45, 2.75) is 20.4 Å². The van der Waals surface area contributed by atoms with E-state index in [0.717, 1.165) is 18.8 Å². The zero-order valence-electron chi connectivity index (χ0n) is 10.8. The van der Waals surface area contributed by atoms with Crippen LogP contribution in [0.3, 0.4) is 0 Å². The molecule has 17 heavy (non-hydrogen) atoms. The van der Waals surface area contributed by atoms with Crippen LogP contribution in [0.2, 0.25) is 0 Å². The molecule has 1 N–H and O–H groups in total. The van der Waals surface area contributed by atoms with Gasteiger partial charge in [0.1, 0.15) is 0 Å². The van der Waals surface area contributed by atoms with Gasteiger partial charge in [0.2, 0.25) is 0 Å². The molecule has 0 saturated heterocycles. The van der Waals surface area contributed by atoms with E-state index in [1.165, 1.54) is 5.56 Å². The molecule has 0 heterocycles. The lowest BCUT2D eigenvalue weighted by Gasteiger charge is -2.12. The van der Waals surface area contributed by atoms with Gasteiger partial charge < -0.3 is 19.5 Å². The third kappa shape index (κ3) is 4.63. The normalized spacial score (nSPS) is 10.3. The first-order chi connectivity index (χ1) is 8.31. The van der Waals surface area contributed by atoms with Gasteiger partial charge in [0.05, 0.1) is 7.11 Å². The zero-order chi connectivity index (χ0) is 12.5. The fourth-order valence-corrected chi connectivity index (χ4v) is 1.40. The summed E-state index contributed by atoms with van der Waals surface area (Å²) in [7, 11) is 1.64. The average molecular weight is 239 g/mol. The van der Waals surface area contributed by atoms with E-state index in [0.29, 0.717) is 12.4 Å². The molecule has 0 amide bonds. The van der Waals surface area contributed by atoms with E-state index in [4.69, 9.17) is 14.2 Å². The monoisotopic (exact) mass is 239 g/mol. The molecular weight excluding hydrogens is 218 g/mol. The van der Waals surface area contributed by atoms with Gasteiger partial charge in [-0.1, -0.05) is 13.0 Å². The molecule has 0 aromatic heterocycles. The Bertz CT molecular complexity index is 328. The van der Waals surface area contributed by atoms with Crippen LogP contribution in [0, 0.1) is 0 Å². The summed E-state index contributed by atoms with van der Waals surface area (Å²) in [6.45, 7) is 6.68. The number of nitrogens with one attached hydrogen (secondary N) is 1. The van der Waals surface area contributed by atoms with Crippen molar-refractivity contribution in [2.24, 2.45) is 0 Å². The molecule has 0 saturated carbocycles. The second-order valence-corrected chi connectivity index (χ2v) is 3.52. The number of rotatable bonds is 8. The molecule has 96 valence electrons. The van der Waals surface area contributed by atoms with E-state index in [-0.39, 0.29) is 6.79 Å². The Labute approximate surface area is 103 Å². The smallest absolute Gasteiger partial charge is 0.189 e. The summed E-state index contributed by atoms with van der Waals surface area (Å²) in [5, 5.41) is 3.27.